The summed E-state index contributed by atoms with van der Waals surface area (Å²) in [6.07, 6.45) is 5.75. The fourth-order valence-electron chi connectivity index (χ4n) is 3.64. The first-order chi connectivity index (χ1) is 11.7. The molecule has 0 bridgehead atoms. The van der Waals surface area contributed by atoms with Crippen molar-refractivity contribution < 1.29 is 9.59 Å². The van der Waals surface area contributed by atoms with Crippen molar-refractivity contribution in [3.63, 3.8) is 0 Å². The third kappa shape index (κ3) is 2.82. The number of hydrogen-bond donors (Lipinski definition) is 2. The molecule has 1 aliphatic rings. The van der Waals surface area contributed by atoms with Gasteiger partial charge in [0.1, 0.15) is 0 Å². The third-order valence-corrected chi connectivity index (χ3v) is 4.78. The first kappa shape index (κ1) is 16.7. The van der Waals surface area contributed by atoms with Gasteiger partial charge in [0.15, 0.2) is 0 Å². The van der Waals surface area contributed by atoms with E-state index < -0.39 is 0 Å². The summed E-state index contributed by atoms with van der Waals surface area (Å²) in [5.74, 6) is -0.519. The van der Waals surface area contributed by atoms with E-state index in [1.165, 1.54) is 5.56 Å². The van der Waals surface area contributed by atoms with Crippen LogP contribution in [0.2, 0.25) is 0 Å². The average Bonchev–Trinajstić information content (AvgIpc) is 2.89. The van der Waals surface area contributed by atoms with Gasteiger partial charge in [0.2, 0.25) is 0 Å². The molecule has 0 saturated heterocycles. The average molecular weight is 324 g/mol. The van der Waals surface area contributed by atoms with Crippen LogP contribution in [-0.4, -0.2) is 18.4 Å². The highest BCUT2D eigenvalue weighted by Gasteiger charge is 2.33. The van der Waals surface area contributed by atoms with Gasteiger partial charge in [0.25, 0.3) is 11.8 Å². The molecule has 1 aliphatic heterocycles. The standard InChI is InChI=1S/C20H24N2O2/c1-2-3-8-13-14-9-4-5-10-15(14)17-18(20(24)22-19(17)23)16(13)11-6-7-12-21/h4-5,9-10H,2-3,6-8,11-12,21H2,1H3,(H,22,23,24). The van der Waals surface area contributed by atoms with Crippen molar-refractivity contribution in [3.05, 3.63) is 46.5 Å². The topological polar surface area (TPSA) is 72.2 Å². The number of carbonyl (C=O) groups is 2. The number of fused-ring (bicyclic) bond motifs is 3. The van der Waals surface area contributed by atoms with E-state index in [0.717, 1.165) is 54.9 Å². The number of rotatable bonds is 7. The Morgan fingerprint density at radius 2 is 1.54 bits per heavy atom. The van der Waals surface area contributed by atoms with Crippen molar-refractivity contribution >= 4 is 22.6 Å². The number of nitrogens with one attached hydrogen (secondary N) is 1. The maximum atomic E-state index is 12.4. The van der Waals surface area contributed by atoms with E-state index in [9.17, 15) is 9.59 Å². The van der Waals surface area contributed by atoms with Gasteiger partial charge in [-0.25, -0.2) is 0 Å². The predicted octanol–water partition coefficient (Wildman–Crippen LogP) is 3.35. The molecule has 4 nitrogen and oxygen atoms in total. The lowest BCUT2D eigenvalue weighted by molar-refractivity contribution is 0.0880. The highest BCUT2D eigenvalue weighted by Crippen LogP contribution is 2.35. The summed E-state index contributed by atoms with van der Waals surface area (Å²) in [7, 11) is 0. The molecule has 0 spiro atoms. The Balaban J connectivity index is 2.25. The Bertz CT molecular complexity index is 796. The van der Waals surface area contributed by atoms with Crippen LogP contribution in [0.3, 0.4) is 0 Å². The van der Waals surface area contributed by atoms with E-state index in [1.54, 1.807) is 0 Å². The molecule has 2 amide bonds. The largest absolute Gasteiger partial charge is 0.330 e. The van der Waals surface area contributed by atoms with Crippen LogP contribution < -0.4 is 11.1 Å². The number of imide groups is 1. The molecule has 1 heterocycles. The molecule has 0 saturated carbocycles. The van der Waals surface area contributed by atoms with E-state index >= 15 is 0 Å². The van der Waals surface area contributed by atoms with Crippen LogP contribution in [0.4, 0.5) is 0 Å². The van der Waals surface area contributed by atoms with Crippen molar-refractivity contribution in [2.45, 2.75) is 45.4 Å². The molecule has 0 radical (unpaired) electrons. The van der Waals surface area contributed by atoms with Crippen molar-refractivity contribution in [2.24, 2.45) is 5.73 Å². The molecule has 4 heteroatoms. The van der Waals surface area contributed by atoms with Crippen molar-refractivity contribution in [1.82, 2.24) is 5.32 Å². The lowest BCUT2D eigenvalue weighted by Crippen LogP contribution is -2.20. The first-order valence-electron chi connectivity index (χ1n) is 8.81. The highest BCUT2D eigenvalue weighted by molar-refractivity contribution is 6.27. The number of nitrogens with two attached hydrogens (primary N) is 1. The molecular formula is C20H24N2O2. The Morgan fingerprint density at radius 3 is 2.25 bits per heavy atom. The molecule has 0 aliphatic carbocycles. The number of carbonyl (C=O) groups excluding carboxylic acids is 2. The third-order valence-electron chi connectivity index (χ3n) is 4.78. The van der Waals surface area contributed by atoms with Gasteiger partial charge in [-0.05, 0) is 60.5 Å². The molecule has 3 N–H and O–H groups in total. The number of aryl methyl sites for hydroxylation is 1. The Hall–Kier alpha value is -2.20. The quantitative estimate of drug-likeness (QED) is 0.606. The summed E-state index contributed by atoms with van der Waals surface area (Å²) in [5.41, 5.74) is 9.06. The second kappa shape index (κ2) is 7.14. The Kier molecular flexibility index (Phi) is 4.95. The van der Waals surface area contributed by atoms with Crippen LogP contribution in [0, 0.1) is 0 Å². The van der Waals surface area contributed by atoms with Crippen LogP contribution in [0.5, 0.6) is 0 Å². The molecule has 2 aromatic rings. The van der Waals surface area contributed by atoms with E-state index in [1.807, 2.05) is 18.2 Å². The minimum atomic E-state index is -0.270. The molecule has 3 rings (SSSR count). The summed E-state index contributed by atoms with van der Waals surface area (Å²) in [5, 5.41) is 4.49. The highest BCUT2D eigenvalue weighted by atomic mass is 16.2. The monoisotopic (exact) mass is 324 g/mol. The van der Waals surface area contributed by atoms with E-state index in [4.69, 9.17) is 5.73 Å². The lowest BCUT2D eigenvalue weighted by atomic mass is 9.85. The van der Waals surface area contributed by atoms with Crippen LogP contribution in [0.15, 0.2) is 24.3 Å². The fraction of sp³-hybridized carbons (Fsp3) is 0.400. The van der Waals surface area contributed by atoms with Crippen LogP contribution >= 0.6 is 0 Å². The molecule has 0 atom stereocenters. The lowest BCUT2D eigenvalue weighted by Gasteiger charge is -2.17. The number of amides is 2. The van der Waals surface area contributed by atoms with Gasteiger partial charge in [0, 0.05) is 0 Å². The fourth-order valence-corrected chi connectivity index (χ4v) is 3.64. The zero-order valence-electron chi connectivity index (χ0n) is 14.2. The van der Waals surface area contributed by atoms with Gasteiger partial charge < -0.3 is 5.73 Å². The van der Waals surface area contributed by atoms with Crippen molar-refractivity contribution in [1.29, 1.82) is 0 Å². The minimum Gasteiger partial charge on any atom is -0.330 e. The van der Waals surface area contributed by atoms with Gasteiger partial charge >= 0.3 is 0 Å². The van der Waals surface area contributed by atoms with Gasteiger partial charge in [-0.15, -0.1) is 0 Å². The van der Waals surface area contributed by atoms with E-state index in [2.05, 4.69) is 18.3 Å². The maximum Gasteiger partial charge on any atom is 0.259 e. The Labute approximate surface area is 142 Å². The second-order valence-electron chi connectivity index (χ2n) is 6.39. The smallest absolute Gasteiger partial charge is 0.259 e. The molecule has 0 unspecified atom stereocenters. The van der Waals surface area contributed by atoms with Gasteiger partial charge in [-0.3, -0.25) is 14.9 Å². The van der Waals surface area contributed by atoms with Gasteiger partial charge in [0.05, 0.1) is 11.1 Å². The van der Waals surface area contributed by atoms with Crippen molar-refractivity contribution in [2.75, 3.05) is 6.54 Å². The molecule has 24 heavy (non-hydrogen) atoms. The molecule has 0 fully saturated rings. The van der Waals surface area contributed by atoms with Crippen LogP contribution in [0.1, 0.15) is 64.4 Å². The summed E-state index contributed by atoms with van der Waals surface area (Å²) >= 11 is 0. The minimum absolute atomic E-state index is 0.249. The number of unbranched alkanes of at least 4 members (excludes halogenated alkanes) is 2. The molecule has 0 aromatic heterocycles. The van der Waals surface area contributed by atoms with Gasteiger partial charge in [-0.1, -0.05) is 37.6 Å². The van der Waals surface area contributed by atoms with Crippen molar-refractivity contribution in [3.8, 4) is 0 Å². The second-order valence-corrected chi connectivity index (χ2v) is 6.39. The Morgan fingerprint density at radius 1 is 0.875 bits per heavy atom. The van der Waals surface area contributed by atoms with E-state index in [0.29, 0.717) is 17.7 Å². The van der Waals surface area contributed by atoms with Gasteiger partial charge in [-0.2, -0.15) is 0 Å². The predicted molar refractivity (Wildman–Crippen MR) is 96.3 cm³/mol. The zero-order valence-corrected chi connectivity index (χ0v) is 14.2. The summed E-state index contributed by atoms with van der Waals surface area (Å²) in [6, 6.07) is 7.95. The summed E-state index contributed by atoms with van der Waals surface area (Å²) < 4.78 is 0. The maximum absolute atomic E-state index is 12.4. The molecule has 2 aromatic carbocycles. The van der Waals surface area contributed by atoms with Crippen LogP contribution in [0.25, 0.3) is 10.8 Å². The molecule has 126 valence electrons. The van der Waals surface area contributed by atoms with E-state index in [-0.39, 0.29) is 11.8 Å². The SMILES string of the molecule is CCCCc1c(CCCCN)c2c(c3ccccc13)C(=O)NC2=O. The number of hydrogen-bond acceptors (Lipinski definition) is 3. The molecular weight excluding hydrogens is 300 g/mol. The first-order valence-corrected chi connectivity index (χ1v) is 8.81. The summed E-state index contributed by atoms with van der Waals surface area (Å²) in [6.45, 7) is 2.81. The number of benzene rings is 2. The summed E-state index contributed by atoms with van der Waals surface area (Å²) in [4.78, 5) is 24.8. The zero-order chi connectivity index (χ0) is 17.1. The normalized spacial score (nSPS) is 13.4. The van der Waals surface area contributed by atoms with Crippen LogP contribution in [-0.2, 0) is 12.8 Å².